The highest BCUT2D eigenvalue weighted by Gasteiger charge is 2.20. The van der Waals surface area contributed by atoms with Crippen LogP contribution < -0.4 is 5.32 Å². The summed E-state index contributed by atoms with van der Waals surface area (Å²) in [7, 11) is 0. The number of nitriles is 1. The highest BCUT2D eigenvalue weighted by molar-refractivity contribution is 9.10. The van der Waals surface area contributed by atoms with Gasteiger partial charge in [0.1, 0.15) is 11.9 Å². The average Bonchev–Trinajstić information content (AvgIpc) is 3.03. The van der Waals surface area contributed by atoms with E-state index in [4.69, 9.17) is 16.9 Å². The van der Waals surface area contributed by atoms with Gasteiger partial charge in [0.25, 0.3) is 5.91 Å². The Hall–Kier alpha value is -2.76. The molecule has 3 rings (SSSR count). The number of benzene rings is 1. The van der Waals surface area contributed by atoms with Crippen molar-refractivity contribution in [1.29, 1.82) is 5.26 Å². The minimum atomic E-state index is -0.436. The predicted molar refractivity (Wildman–Crippen MR) is 104 cm³/mol. The quantitative estimate of drug-likeness (QED) is 0.660. The number of nitrogens with one attached hydrogen (secondary N) is 1. The van der Waals surface area contributed by atoms with E-state index in [2.05, 4.69) is 36.3 Å². The van der Waals surface area contributed by atoms with Crippen LogP contribution in [-0.4, -0.2) is 25.7 Å². The van der Waals surface area contributed by atoms with Crippen LogP contribution in [0.1, 0.15) is 40.5 Å². The summed E-state index contributed by atoms with van der Waals surface area (Å²) in [6.45, 7) is 3.56. The second-order valence-corrected chi connectivity index (χ2v) is 7.15. The molecule has 2 heterocycles. The average molecular weight is 446 g/mol. The third kappa shape index (κ3) is 4.32. The van der Waals surface area contributed by atoms with Gasteiger partial charge in [-0.1, -0.05) is 27.5 Å². The first-order chi connectivity index (χ1) is 12.9. The van der Waals surface area contributed by atoms with Crippen LogP contribution >= 0.6 is 27.5 Å². The number of aromatic nitrogens is 4. The normalized spacial score (nSPS) is 11.7. The zero-order chi connectivity index (χ0) is 19.6. The lowest BCUT2D eigenvalue weighted by molar-refractivity contribution is 0.0938. The Kier molecular flexibility index (Phi) is 5.54. The second-order valence-electron chi connectivity index (χ2n) is 5.80. The van der Waals surface area contributed by atoms with E-state index in [1.165, 1.54) is 6.20 Å². The fraction of sp³-hybridized carbons (Fsp3) is 0.167. The summed E-state index contributed by atoms with van der Waals surface area (Å²) < 4.78 is 2.27. The summed E-state index contributed by atoms with van der Waals surface area (Å²) in [5.74, 6) is 1.30. The van der Waals surface area contributed by atoms with Crippen molar-refractivity contribution in [3.8, 4) is 11.9 Å². The molecule has 1 amide bonds. The Morgan fingerprint density at radius 3 is 2.78 bits per heavy atom. The Labute approximate surface area is 169 Å². The predicted octanol–water partition coefficient (Wildman–Crippen LogP) is 3.75. The van der Waals surface area contributed by atoms with Crippen LogP contribution in [0.5, 0.6) is 0 Å². The molecule has 2 aromatic heterocycles. The van der Waals surface area contributed by atoms with Gasteiger partial charge in [-0.05, 0) is 44.2 Å². The van der Waals surface area contributed by atoms with Crippen LogP contribution in [0.2, 0.25) is 5.02 Å². The van der Waals surface area contributed by atoms with Gasteiger partial charge in [0.2, 0.25) is 0 Å². The van der Waals surface area contributed by atoms with E-state index in [9.17, 15) is 4.79 Å². The lowest BCUT2D eigenvalue weighted by Crippen LogP contribution is -2.28. The minimum absolute atomic E-state index is 0.286. The van der Waals surface area contributed by atoms with E-state index in [1.54, 1.807) is 48.9 Å². The van der Waals surface area contributed by atoms with E-state index < -0.39 is 6.04 Å². The summed E-state index contributed by atoms with van der Waals surface area (Å²) in [4.78, 5) is 21.2. The van der Waals surface area contributed by atoms with Crippen LogP contribution in [0.3, 0.4) is 0 Å². The van der Waals surface area contributed by atoms with Gasteiger partial charge in [0.05, 0.1) is 11.6 Å². The third-order valence-corrected chi connectivity index (χ3v) is 4.37. The van der Waals surface area contributed by atoms with E-state index in [-0.39, 0.29) is 5.91 Å². The molecular weight excluding hydrogens is 432 g/mol. The second kappa shape index (κ2) is 7.86. The number of amides is 1. The number of hydrogen-bond donors (Lipinski definition) is 1. The van der Waals surface area contributed by atoms with Crippen molar-refractivity contribution in [2.75, 3.05) is 0 Å². The number of halogens is 2. The SMILES string of the molecule is Cc1nc([C@H](C)NC(=O)c2cc(Cl)cc(Br)c2)n(-c2ccc(C#N)cn2)n1. The molecule has 136 valence electrons. The molecule has 0 saturated carbocycles. The smallest absolute Gasteiger partial charge is 0.251 e. The molecule has 0 spiro atoms. The number of rotatable bonds is 4. The molecule has 0 bridgehead atoms. The van der Waals surface area contributed by atoms with Gasteiger partial charge in [0.15, 0.2) is 11.6 Å². The van der Waals surface area contributed by atoms with E-state index >= 15 is 0 Å². The molecule has 27 heavy (non-hydrogen) atoms. The van der Waals surface area contributed by atoms with Crippen LogP contribution in [0, 0.1) is 18.3 Å². The largest absolute Gasteiger partial charge is 0.342 e. The third-order valence-electron chi connectivity index (χ3n) is 3.69. The first-order valence-corrected chi connectivity index (χ1v) is 9.11. The van der Waals surface area contributed by atoms with Crippen molar-refractivity contribution in [2.24, 2.45) is 0 Å². The molecule has 1 aromatic carbocycles. The molecule has 1 atom stereocenters. The fourth-order valence-corrected chi connectivity index (χ4v) is 3.35. The molecule has 1 N–H and O–H groups in total. The van der Waals surface area contributed by atoms with Crippen LogP contribution in [0.4, 0.5) is 0 Å². The van der Waals surface area contributed by atoms with Gasteiger partial charge in [-0.3, -0.25) is 4.79 Å². The summed E-state index contributed by atoms with van der Waals surface area (Å²) in [5, 5.41) is 16.6. The molecule has 9 heteroatoms. The topological polar surface area (TPSA) is 96.5 Å². The summed E-state index contributed by atoms with van der Waals surface area (Å²) in [6.07, 6.45) is 1.46. The molecule has 7 nitrogen and oxygen atoms in total. The Morgan fingerprint density at radius 2 is 2.15 bits per heavy atom. The van der Waals surface area contributed by atoms with E-state index in [1.807, 2.05) is 6.07 Å². The monoisotopic (exact) mass is 444 g/mol. The minimum Gasteiger partial charge on any atom is -0.342 e. The Balaban J connectivity index is 1.87. The highest BCUT2D eigenvalue weighted by atomic mass is 79.9. The van der Waals surface area contributed by atoms with Crippen LogP contribution in [-0.2, 0) is 0 Å². The number of carbonyl (C=O) groups excluding carboxylic acids is 1. The zero-order valence-corrected chi connectivity index (χ0v) is 16.8. The summed E-state index contributed by atoms with van der Waals surface area (Å²) >= 11 is 9.34. The molecular formula is C18H14BrClN6O. The summed E-state index contributed by atoms with van der Waals surface area (Å²) in [5.41, 5.74) is 0.880. The Bertz CT molecular complexity index is 1020. The van der Waals surface area contributed by atoms with Crippen LogP contribution in [0.25, 0.3) is 5.82 Å². The number of hydrogen-bond acceptors (Lipinski definition) is 5. The van der Waals surface area contributed by atoms with Gasteiger partial charge in [-0.15, -0.1) is 5.10 Å². The molecule has 0 unspecified atom stereocenters. The highest BCUT2D eigenvalue weighted by Crippen LogP contribution is 2.21. The molecule has 0 saturated heterocycles. The van der Waals surface area contributed by atoms with Crippen molar-refractivity contribution in [3.63, 3.8) is 0 Å². The van der Waals surface area contributed by atoms with Crippen LogP contribution in [0.15, 0.2) is 41.0 Å². The maximum atomic E-state index is 12.6. The van der Waals surface area contributed by atoms with Gasteiger partial charge in [0, 0.05) is 21.3 Å². The van der Waals surface area contributed by atoms with Crippen molar-refractivity contribution in [3.05, 3.63) is 68.8 Å². The Morgan fingerprint density at radius 1 is 1.37 bits per heavy atom. The van der Waals surface area contributed by atoms with Crippen molar-refractivity contribution in [1.82, 2.24) is 25.1 Å². The van der Waals surface area contributed by atoms with E-state index in [0.717, 1.165) is 0 Å². The zero-order valence-electron chi connectivity index (χ0n) is 14.4. The molecule has 0 fully saturated rings. The lowest BCUT2D eigenvalue weighted by atomic mass is 10.2. The fourth-order valence-electron chi connectivity index (χ4n) is 2.49. The maximum Gasteiger partial charge on any atom is 0.251 e. The van der Waals surface area contributed by atoms with Gasteiger partial charge in [-0.25, -0.2) is 9.97 Å². The molecule has 3 aromatic rings. The summed E-state index contributed by atoms with van der Waals surface area (Å²) in [6, 6.07) is 9.90. The number of carbonyl (C=O) groups is 1. The molecule has 0 aliphatic heterocycles. The number of aryl methyl sites for hydroxylation is 1. The maximum absolute atomic E-state index is 12.6. The number of pyridine rings is 1. The molecule has 0 radical (unpaired) electrons. The van der Waals surface area contributed by atoms with E-state index in [0.29, 0.717) is 38.1 Å². The lowest BCUT2D eigenvalue weighted by Gasteiger charge is -2.14. The number of nitrogens with zero attached hydrogens (tertiary/aromatic N) is 5. The van der Waals surface area contributed by atoms with Crippen molar-refractivity contribution < 1.29 is 4.79 Å². The van der Waals surface area contributed by atoms with Crippen molar-refractivity contribution in [2.45, 2.75) is 19.9 Å². The molecule has 0 aliphatic rings. The van der Waals surface area contributed by atoms with Gasteiger partial charge >= 0.3 is 0 Å². The van der Waals surface area contributed by atoms with Crippen molar-refractivity contribution >= 4 is 33.4 Å². The van der Waals surface area contributed by atoms with Gasteiger partial charge in [-0.2, -0.15) is 9.94 Å². The first kappa shape index (κ1) is 19.0. The standard InChI is InChI=1S/C18H14BrClN6O/c1-10(23-18(27)13-5-14(19)7-15(20)6-13)17-24-11(2)25-26(17)16-4-3-12(8-21)9-22-16/h3-7,9-10H,1-2H3,(H,23,27)/t10-/m0/s1. The van der Waals surface area contributed by atoms with Gasteiger partial charge < -0.3 is 5.32 Å². The first-order valence-electron chi connectivity index (χ1n) is 7.94. The molecule has 0 aliphatic carbocycles.